The molecular weight excluding hydrogens is 823 g/mol. The third-order valence-corrected chi connectivity index (χ3v) is 10.6. The standard InChI is InChI=1S/C47H68Cl2N2O10/c1-5-7-9-11-13-15-17-19-21-23-29-58-44(54)34(3)60-46(56)36-25-27-38(48)40(31-36)50-42(52)33-43(53)51-41-32-37(26-28-39(41)49)47(57)61-35(4)45(55)59-30-24-22-20-18-16-14-12-10-8-6-2/h25-28,31-32,34-35H,5-24,29-30,33H2,1-4H3,(H,50,52)(H,51,53). The van der Waals surface area contributed by atoms with Gasteiger partial charge in [0.25, 0.3) is 0 Å². The highest BCUT2D eigenvalue weighted by Gasteiger charge is 2.23. The van der Waals surface area contributed by atoms with E-state index in [2.05, 4.69) is 24.5 Å². The maximum Gasteiger partial charge on any atom is 0.347 e. The van der Waals surface area contributed by atoms with Gasteiger partial charge in [-0.15, -0.1) is 0 Å². The van der Waals surface area contributed by atoms with E-state index < -0.39 is 54.3 Å². The molecule has 0 heterocycles. The van der Waals surface area contributed by atoms with Crippen LogP contribution in [0, 0.1) is 0 Å². The van der Waals surface area contributed by atoms with E-state index >= 15 is 0 Å². The Kier molecular flexibility index (Phi) is 27.5. The van der Waals surface area contributed by atoms with Gasteiger partial charge in [0.1, 0.15) is 6.42 Å². The summed E-state index contributed by atoms with van der Waals surface area (Å²) >= 11 is 12.5. The number of esters is 4. The number of halogens is 2. The SMILES string of the molecule is CCCCCCCCCCCCOC(=O)C(C)OC(=O)c1ccc(Cl)c(NC(=O)CC(=O)Nc2cc(C(=O)OC(C)C(=O)OCCCCCCCCCCCC)ccc2Cl)c1. The highest BCUT2D eigenvalue weighted by atomic mass is 35.5. The first kappa shape index (κ1) is 53.0. The molecule has 2 unspecified atom stereocenters. The molecular formula is C47H68Cl2N2O10. The van der Waals surface area contributed by atoms with Gasteiger partial charge in [0.2, 0.25) is 11.8 Å². The molecule has 12 nitrogen and oxygen atoms in total. The topological polar surface area (TPSA) is 163 Å². The molecule has 0 aliphatic rings. The number of rotatable bonds is 32. The van der Waals surface area contributed by atoms with Gasteiger partial charge in [-0.3, -0.25) is 9.59 Å². The summed E-state index contributed by atoms with van der Waals surface area (Å²) in [7, 11) is 0. The number of hydrogen-bond donors (Lipinski definition) is 2. The first-order chi connectivity index (χ1) is 29.4. The summed E-state index contributed by atoms with van der Waals surface area (Å²) < 4.78 is 21.2. The summed E-state index contributed by atoms with van der Waals surface area (Å²) in [5.74, 6) is -4.54. The Morgan fingerprint density at radius 2 is 0.803 bits per heavy atom. The molecule has 340 valence electrons. The van der Waals surface area contributed by atoms with Crippen LogP contribution in [-0.2, 0) is 38.1 Å². The number of unbranched alkanes of at least 4 members (excludes halogenated alkanes) is 18. The van der Waals surface area contributed by atoms with Gasteiger partial charge >= 0.3 is 23.9 Å². The second-order valence-electron chi connectivity index (χ2n) is 15.5. The number of carbonyl (C=O) groups excluding carboxylic acids is 6. The van der Waals surface area contributed by atoms with Crippen molar-refractivity contribution in [3.63, 3.8) is 0 Å². The summed E-state index contributed by atoms with van der Waals surface area (Å²) in [6.45, 7) is 7.72. The van der Waals surface area contributed by atoms with Crippen LogP contribution >= 0.6 is 23.2 Å². The van der Waals surface area contributed by atoms with Crippen molar-refractivity contribution in [1.82, 2.24) is 0 Å². The average Bonchev–Trinajstić information content (AvgIpc) is 3.23. The molecule has 2 N–H and O–H groups in total. The maximum atomic E-state index is 12.8. The number of carbonyl (C=O) groups is 6. The molecule has 2 rings (SSSR count). The quantitative estimate of drug-likeness (QED) is 0.0313. The van der Waals surface area contributed by atoms with Gasteiger partial charge in [-0.2, -0.15) is 0 Å². The van der Waals surface area contributed by atoms with Gasteiger partial charge in [0.05, 0.1) is 45.8 Å². The molecule has 2 aromatic rings. The van der Waals surface area contributed by atoms with Gasteiger partial charge in [-0.1, -0.05) is 153 Å². The van der Waals surface area contributed by atoms with Crippen LogP contribution in [0.25, 0.3) is 0 Å². The van der Waals surface area contributed by atoms with Crippen molar-refractivity contribution in [2.45, 2.75) is 175 Å². The summed E-state index contributed by atoms with van der Waals surface area (Å²) in [5.41, 5.74) is 0.0735. The second kappa shape index (κ2) is 31.7. The Labute approximate surface area is 372 Å². The predicted molar refractivity (Wildman–Crippen MR) is 240 cm³/mol. The van der Waals surface area contributed by atoms with Crippen LogP contribution in [0.15, 0.2) is 36.4 Å². The van der Waals surface area contributed by atoms with Crippen molar-refractivity contribution >= 4 is 70.3 Å². The van der Waals surface area contributed by atoms with Gasteiger partial charge < -0.3 is 29.6 Å². The van der Waals surface area contributed by atoms with Crippen molar-refractivity contribution in [1.29, 1.82) is 0 Å². The first-order valence-corrected chi connectivity index (χ1v) is 23.1. The third-order valence-electron chi connectivity index (χ3n) is 9.99. The molecule has 0 radical (unpaired) electrons. The molecule has 2 amide bonds. The minimum atomic E-state index is -1.16. The zero-order chi connectivity index (χ0) is 44.8. The largest absolute Gasteiger partial charge is 0.463 e. The smallest absolute Gasteiger partial charge is 0.347 e. The Morgan fingerprint density at radius 1 is 0.492 bits per heavy atom. The second-order valence-corrected chi connectivity index (χ2v) is 16.3. The molecule has 0 bridgehead atoms. The molecule has 0 saturated heterocycles. The molecule has 0 spiro atoms. The molecule has 0 aromatic heterocycles. The van der Waals surface area contributed by atoms with Crippen molar-refractivity contribution in [2.24, 2.45) is 0 Å². The van der Waals surface area contributed by atoms with Gasteiger partial charge in [0.15, 0.2) is 12.2 Å². The van der Waals surface area contributed by atoms with Crippen LogP contribution in [0.2, 0.25) is 10.0 Å². The Morgan fingerprint density at radius 3 is 1.13 bits per heavy atom. The molecule has 14 heteroatoms. The number of nitrogens with one attached hydrogen (secondary N) is 2. The molecule has 0 aliphatic carbocycles. The molecule has 0 aliphatic heterocycles. The van der Waals surface area contributed by atoms with E-state index in [0.29, 0.717) is 0 Å². The van der Waals surface area contributed by atoms with Crippen LogP contribution in [0.4, 0.5) is 11.4 Å². The van der Waals surface area contributed by atoms with Crippen molar-refractivity contribution < 1.29 is 47.7 Å². The fraction of sp³-hybridized carbons (Fsp3) is 0.617. The molecule has 0 saturated carbocycles. The van der Waals surface area contributed by atoms with E-state index in [0.717, 1.165) is 51.4 Å². The molecule has 61 heavy (non-hydrogen) atoms. The van der Waals surface area contributed by atoms with Crippen molar-refractivity contribution in [3.05, 3.63) is 57.6 Å². The van der Waals surface area contributed by atoms with Gasteiger partial charge in [0, 0.05) is 0 Å². The van der Waals surface area contributed by atoms with Crippen LogP contribution < -0.4 is 10.6 Å². The van der Waals surface area contributed by atoms with Crippen molar-refractivity contribution in [2.75, 3.05) is 23.8 Å². The summed E-state index contributed by atoms with van der Waals surface area (Å²) in [5, 5.41) is 5.15. The highest BCUT2D eigenvalue weighted by molar-refractivity contribution is 6.34. The lowest BCUT2D eigenvalue weighted by Gasteiger charge is -2.14. The lowest BCUT2D eigenvalue weighted by molar-refractivity contribution is -0.153. The number of anilines is 2. The average molecular weight is 892 g/mol. The minimum absolute atomic E-state index is 0.00523. The third kappa shape index (κ3) is 23.0. The lowest BCUT2D eigenvalue weighted by Crippen LogP contribution is -2.27. The minimum Gasteiger partial charge on any atom is -0.463 e. The molecule has 2 atom stereocenters. The van der Waals surface area contributed by atoms with Crippen molar-refractivity contribution in [3.8, 4) is 0 Å². The summed E-state index contributed by atoms with van der Waals surface area (Å²) in [6.07, 6.45) is 20.0. The van der Waals surface area contributed by atoms with E-state index in [1.807, 2.05) is 0 Å². The number of hydrogen-bond acceptors (Lipinski definition) is 10. The number of amides is 2. The fourth-order valence-electron chi connectivity index (χ4n) is 6.34. The summed E-state index contributed by atoms with van der Waals surface area (Å²) in [4.78, 5) is 76.3. The fourth-order valence-corrected chi connectivity index (χ4v) is 6.67. The van der Waals surface area contributed by atoms with E-state index in [9.17, 15) is 28.8 Å². The molecule has 0 fully saturated rings. The molecule has 2 aromatic carbocycles. The van der Waals surface area contributed by atoms with E-state index in [1.54, 1.807) is 0 Å². The van der Waals surface area contributed by atoms with E-state index in [1.165, 1.54) is 127 Å². The van der Waals surface area contributed by atoms with Gasteiger partial charge in [-0.05, 0) is 63.1 Å². The number of benzene rings is 2. The number of ether oxygens (including phenoxy) is 4. The highest BCUT2D eigenvalue weighted by Crippen LogP contribution is 2.26. The Bertz CT molecular complexity index is 1550. The van der Waals surface area contributed by atoms with Crippen LogP contribution in [0.5, 0.6) is 0 Å². The maximum absolute atomic E-state index is 12.8. The van der Waals surface area contributed by atoms with E-state index in [-0.39, 0.29) is 45.8 Å². The van der Waals surface area contributed by atoms with Gasteiger partial charge in [-0.25, -0.2) is 19.2 Å². The summed E-state index contributed by atoms with van der Waals surface area (Å²) in [6, 6.07) is 8.01. The zero-order valence-electron chi connectivity index (χ0n) is 36.7. The lowest BCUT2D eigenvalue weighted by atomic mass is 10.1. The van der Waals surface area contributed by atoms with Crippen LogP contribution in [0.3, 0.4) is 0 Å². The monoisotopic (exact) mass is 890 g/mol. The Hall–Kier alpha value is -4.16. The predicted octanol–water partition coefficient (Wildman–Crippen LogP) is 12.0. The van der Waals surface area contributed by atoms with Crippen LogP contribution in [0.1, 0.15) is 183 Å². The van der Waals surface area contributed by atoms with E-state index in [4.69, 9.17) is 42.1 Å². The van der Waals surface area contributed by atoms with Crippen LogP contribution in [-0.4, -0.2) is 61.1 Å². The zero-order valence-corrected chi connectivity index (χ0v) is 38.2. The first-order valence-electron chi connectivity index (χ1n) is 22.3. The Balaban J connectivity index is 1.77. The normalized spacial score (nSPS) is 11.9.